The van der Waals surface area contributed by atoms with E-state index < -0.39 is 53.2 Å². The molecular formula is C34H47N3O7S. The number of nitrogens with one attached hydrogen (secondary N) is 2. The average Bonchev–Trinajstić information content (AvgIpc) is 3.77. The monoisotopic (exact) mass is 641 g/mol. The van der Waals surface area contributed by atoms with Crippen LogP contribution in [0.5, 0.6) is 5.75 Å². The fraction of sp³-hybridized carbons (Fsp3) is 0.529. The molecule has 1 aliphatic rings. The normalized spacial score (nSPS) is 15.3. The third-order valence-corrected chi connectivity index (χ3v) is 7.44. The molecule has 3 unspecified atom stereocenters. The molecule has 0 saturated heterocycles. The van der Waals surface area contributed by atoms with Crippen molar-refractivity contribution in [3.05, 3.63) is 65.7 Å². The maximum Gasteiger partial charge on any atom is 0.408 e. The molecule has 2 aromatic rings. The van der Waals surface area contributed by atoms with Gasteiger partial charge < -0.3 is 30.1 Å². The van der Waals surface area contributed by atoms with E-state index in [4.69, 9.17) is 9.47 Å². The number of carbonyl (C=O) groups is 4. The van der Waals surface area contributed by atoms with Gasteiger partial charge in [0.05, 0.1) is 0 Å². The molecule has 3 atom stereocenters. The third-order valence-electron chi connectivity index (χ3n) is 6.80. The zero-order chi connectivity index (χ0) is 33.4. The molecular weight excluding hydrogens is 594 g/mol. The topological polar surface area (TPSA) is 134 Å². The Morgan fingerprint density at radius 1 is 0.911 bits per heavy atom. The summed E-state index contributed by atoms with van der Waals surface area (Å²) in [4.78, 5) is 56.4. The molecule has 10 nitrogen and oxygen atoms in total. The first-order chi connectivity index (χ1) is 21.1. The standard InChI is InChI=1S/C34H47N3O7S/c1-33(2,3)43-31(41)27(20-22-12-9-8-10-13-22)35-29(39)28(23-14-11-15-25(38)21-23)37(24-16-17-24)30(40)26(18-19-45-7)36-32(42)44-34(4,5)6/h8-15,21,24,26-28,38H,16-20H2,1-7H3,(H,35,39)(H,36,42). The highest BCUT2D eigenvalue weighted by Crippen LogP contribution is 2.37. The number of alkyl carbamates (subject to hydrolysis) is 1. The molecule has 246 valence electrons. The van der Waals surface area contributed by atoms with Crippen LogP contribution in [-0.2, 0) is 30.3 Å². The fourth-order valence-electron chi connectivity index (χ4n) is 4.79. The maximum atomic E-state index is 14.3. The van der Waals surface area contributed by atoms with Gasteiger partial charge >= 0.3 is 12.1 Å². The molecule has 1 aliphatic carbocycles. The Balaban J connectivity index is 2.02. The summed E-state index contributed by atoms with van der Waals surface area (Å²) in [6.45, 7) is 10.5. The predicted octanol–water partition coefficient (Wildman–Crippen LogP) is 5.14. The van der Waals surface area contributed by atoms with Crippen LogP contribution in [0.15, 0.2) is 54.6 Å². The van der Waals surface area contributed by atoms with Crippen molar-refractivity contribution >= 4 is 35.6 Å². The van der Waals surface area contributed by atoms with Gasteiger partial charge in [0.2, 0.25) is 11.8 Å². The summed E-state index contributed by atoms with van der Waals surface area (Å²) in [7, 11) is 0. The van der Waals surface area contributed by atoms with Crippen LogP contribution >= 0.6 is 11.8 Å². The zero-order valence-corrected chi connectivity index (χ0v) is 28.1. The number of ether oxygens (including phenoxy) is 2. The number of amides is 3. The van der Waals surface area contributed by atoms with Crippen LogP contribution in [0.1, 0.15) is 78.0 Å². The number of benzene rings is 2. The summed E-state index contributed by atoms with van der Waals surface area (Å²) in [5.41, 5.74) is -0.380. The summed E-state index contributed by atoms with van der Waals surface area (Å²) in [6, 6.07) is 11.9. The van der Waals surface area contributed by atoms with Gasteiger partial charge in [0.15, 0.2) is 0 Å². The minimum atomic E-state index is -1.20. The number of phenols is 1. The van der Waals surface area contributed by atoms with E-state index in [1.54, 1.807) is 53.7 Å². The van der Waals surface area contributed by atoms with Crippen molar-refractivity contribution in [1.82, 2.24) is 15.5 Å². The third kappa shape index (κ3) is 11.6. The van der Waals surface area contributed by atoms with Crippen LogP contribution in [0.2, 0.25) is 0 Å². The highest BCUT2D eigenvalue weighted by atomic mass is 32.2. The molecule has 3 N–H and O–H groups in total. The smallest absolute Gasteiger partial charge is 0.408 e. The SMILES string of the molecule is CSCCC(NC(=O)OC(C)(C)C)C(=O)N(C1CC1)C(C(=O)NC(Cc1ccccc1)C(=O)OC(C)(C)C)c1cccc(O)c1. The van der Waals surface area contributed by atoms with Crippen LogP contribution < -0.4 is 10.6 Å². The van der Waals surface area contributed by atoms with Crippen molar-refractivity contribution in [2.24, 2.45) is 0 Å². The summed E-state index contributed by atoms with van der Waals surface area (Å²) < 4.78 is 11.1. The van der Waals surface area contributed by atoms with Crippen LogP contribution in [0.3, 0.4) is 0 Å². The van der Waals surface area contributed by atoms with Crippen molar-refractivity contribution in [2.75, 3.05) is 12.0 Å². The van der Waals surface area contributed by atoms with E-state index in [-0.39, 0.29) is 18.2 Å². The van der Waals surface area contributed by atoms with Gasteiger partial charge in [0.1, 0.15) is 35.1 Å². The Morgan fingerprint density at radius 3 is 2.11 bits per heavy atom. The fourth-order valence-corrected chi connectivity index (χ4v) is 5.26. The molecule has 11 heteroatoms. The summed E-state index contributed by atoms with van der Waals surface area (Å²) in [5.74, 6) is -1.16. The molecule has 3 rings (SSSR count). The van der Waals surface area contributed by atoms with E-state index in [0.29, 0.717) is 30.6 Å². The van der Waals surface area contributed by atoms with Crippen LogP contribution in [0.25, 0.3) is 0 Å². The van der Waals surface area contributed by atoms with Gasteiger partial charge in [-0.3, -0.25) is 9.59 Å². The second kappa shape index (κ2) is 15.5. The van der Waals surface area contributed by atoms with Crippen LogP contribution in [0, 0.1) is 0 Å². The number of rotatable bonds is 13. The lowest BCUT2D eigenvalue weighted by Gasteiger charge is -2.35. The Bertz CT molecular complexity index is 1320. The van der Waals surface area contributed by atoms with E-state index in [9.17, 15) is 24.3 Å². The highest BCUT2D eigenvalue weighted by molar-refractivity contribution is 7.98. The first-order valence-corrected chi connectivity index (χ1v) is 16.6. The van der Waals surface area contributed by atoms with Crippen molar-refractivity contribution in [3.63, 3.8) is 0 Å². The van der Waals surface area contributed by atoms with Crippen LogP contribution in [-0.4, -0.2) is 75.2 Å². The quantitative estimate of drug-likeness (QED) is 0.256. The molecule has 0 aromatic heterocycles. The van der Waals surface area contributed by atoms with Crippen molar-refractivity contribution in [1.29, 1.82) is 0 Å². The van der Waals surface area contributed by atoms with Gasteiger partial charge in [0, 0.05) is 12.5 Å². The average molecular weight is 642 g/mol. The van der Waals surface area contributed by atoms with E-state index in [2.05, 4.69) is 10.6 Å². The molecule has 0 aliphatic heterocycles. The van der Waals surface area contributed by atoms with E-state index in [0.717, 1.165) is 5.56 Å². The lowest BCUT2D eigenvalue weighted by molar-refractivity contribution is -0.159. The first-order valence-electron chi connectivity index (χ1n) is 15.2. The van der Waals surface area contributed by atoms with Gasteiger partial charge in [-0.1, -0.05) is 42.5 Å². The Labute approximate surface area is 270 Å². The highest BCUT2D eigenvalue weighted by Gasteiger charge is 2.45. The summed E-state index contributed by atoms with van der Waals surface area (Å²) in [6.07, 6.45) is 2.97. The van der Waals surface area contributed by atoms with Gasteiger partial charge in [-0.25, -0.2) is 9.59 Å². The molecule has 1 fully saturated rings. The largest absolute Gasteiger partial charge is 0.508 e. The molecule has 1 saturated carbocycles. The molecule has 0 heterocycles. The van der Waals surface area contributed by atoms with Gasteiger partial charge in [-0.2, -0.15) is 11.8 Å². The first kappa shape index (κ1) is 35.7. The summed E-state index contributed by atoms with van der Waals surface area (Å²) >= 11 is 1.53. The molecule has 0 radical (unpaired) electrons. The molecule has 45 heavy (non-hydrogen) atoms. The number of thioether (sulfide) groups is 1. The summed E-state index contributed by atoms with van der Waals surface area (Å²) in [5, 5.41) is 16.0. The minimum Gasteiger partial charge on any atom is -0.508 e. The van der Waals surface area contributed by atoms with Crippen LogP contribution in [0.4, 0.5) is 4.79 Å². The lowest BCUT2D eigenvalue weighted by atomic mass is 10.00. The van der Waals surface area contributed by atoms with Crippen molar-refractivity contribution in [3.8, 4) is 5.75 Å². The van der Waals surface area contributed by atoms with Gasteiger partial charge in [-0.05, 0) is 96.1 Å². The van der Waals surface area contributed by atoms with E-state index in [1.165, 1.54) is 28.8 Å². The van der Waals surface area contributed by atoms with Crippen molar-refractivity contribution in [2.45, 2.75) is 103 Å². The Kier molecular flexibility index (Phi) is 12.3. The molecule has 0 bridgehead atoms. The Morgan fingerprint density at radius 2 is 1.56 bits per heavy atom. The number of esters is 1. The van der Waals surface area contributed by atoms with Gasteiger partial charge in [-0.15, -0.1) is 0 Å². The van der Waals surface area contributed by atoms with Crippen molar-refractivity contribution < 1.29 is 33.8 Å². The number of aromatic hydroxyl groups is 1. The second-order valence-corrected chi connectivity index (χ2v) is 14.2. The maximum absolute atomic E-state index is 14.3. The number of nitrogens with zero attached hydrogens (tertiary/aromatic N) is 1. The minimum absolute atomic E-state index is 0.0766. The lowest BCUT2D eigenvalue weighted by Crippen LogP contribution is -2.55. The zero-order valence-electron chi connectivity index (χ0n) is 27.3. The molecule has 0 spiro atoms. The van der Waals surface area contributed by atoms with E-state index >= 15 is 0 Å². The number of phenolic OH excluding ortho intramolecular Hbond substituents is 1. The predicted molar refractivity (Wildman–Crippen MR) is 175 cm³/mol. The number of hydrogen-bond donors (Lipinski definition) is 3. The Hall–Kier alpha value is -3.73. The second-order valence-electron chi connectivity index (χ2n) is 13.2. The van der Waals surface area contributed by atoms with Gasteiger partial charge in [0.25, 0.3) is 0 Å². The number of carbonyl (C=O) groups excluding carboxylic acids is 4. The molecule has 2 aromatic carbocycles. The number of hydrogen-bond acceptors (Lipinski definition) is 8. The van der Waals surface area contributed by atoms with E-state index in [1.807, 2.05) is 36.6 Å². The molecule has 3 amide bonds.